The maximum absolute atomic E-state index is 4.70. The molecule has 2 aliphatic rings. The maximum Gasteiger partial charge on any atom is 0.0987 e. The first kappa shape index (κ1) is 14.4. The molecule has 3 nitrogen and oxygen atoms in total. The number of hydrogen-bond acceptors (Lipinski definition) is 4. The van der Waals surface area contributed by atoms with Gasteiger partial charge in [-0.15, -0.1) is 11.3 Å². The number of rotatable bonds is 4. The fourth-order valence-electron chi connectivity index (χ4n) is 3.17. The normalized spacial score (nSPS) is 20.1. The van der Waals surface area contributed by atoms with Crippen LogP contribution in [-0.2, 0) is 0 Å². The summed E-state index contributed by atoms with van der Waals surface area (Å²) in [6, 6.07) is 9.66. The zero-order valence-corrected chi connectivity index (χ0v) is 14.1. The van der Waals surface area contributed by atoms with E-state index in [9.17, 15) is 0 Å². The molecule has 4 heteroatoms. The molecule has 2 aromatic rings. The summed E-state index contributed by atoms with van der Waals surface area (Å²) in [6.07, 6.45) is 2.07. The summed E-state index contributed by atoms with van der Waals surface area (Å²) in [5, 5.41) is 4.66. The van der Waals surface area contributed by atoms with E-state index < -0.39 is 0 Å². The van der Waals surface area contributed by atoms with E-state index in [4.69, 9.17) is 4.98 Å². The van der Waals surface area contributed by atoms with Crippen molar-refractivity contribution < 1.29 is 0 Å². The Labute approximate surface area is 136 Å². The molecule has 0 aliphatic carbocycles. The highest BCUT2D eigenvalue weighted by molar-refractivity contribution is 7.15. The third-order valence-corrected chi connectivity index (χ3v) is 6.15. The Morgan fingerprint density at radius 3 is 2.73 bits per heavy atom. The minimum atomic E-state index is 0.639. The summed E-state index contributed by atoms with van der Waals surface area (Å²) in [4.78, 5) is 8.52. The van der Waals surface area contributed by atoms with E-state index in [2.05, 4.69) is 54.5 Å². The second kappa shape index (κ2) is 5.76. The number of nitrogens with one attached hydrogen (secondary N) is 1. The molecular formula is C18H23N3S. The molecule has 0 unspecified atom stereocenters. The number of thiazole rings is 1. The van der Waals surface area contributed by atoms with Crippen molar-refractivity contribution >= 4 is 11.3 Å². The molecule has 116 valence electrons. The molecule has 22 heavy (non-hydrogen) atoms. The Kier molecular flexibility index (Phi) is 3.76. The Hall–Kier alpha value is -1.23. The van der Waals surface area contributed by atoms with Crippen molar-refractivity contribution in [2.45, 2.75) is 31.7 Å². The smallest absolute Gasteiger partial charge is 0.0987 e. The van der Waals surface area contributed by atoms with E-state index in [-0.39, 0.29) is 0 Å². The van der Waals surface area contributed by atoms with Crippen molar-refractivity contribution in [1.29, 1.82) is 0 Å². The number of hydrogen-bond donors (Lipinski definition) is 1. The second-order valence-electron chi connectivity index (χ2n) is 6.79. The van der Waals surface area contributed by atoms with Gasteiger partial charge in [-0.1, -0.05) is 18.2 Å². The highest BCUT2D eigenvalue weighted by Gasteiger charge is 2.31. The standard InChI is InChI=1S/C18H23N3S/c1-12(2)21-10-16(11-21)18-20-9-17(22-18)14-5-3-4-13(6-14)15-7-19-8-15/h3-6,9,12,15-16,19H,7-8,10-11H2,1-2H3. The van der Waals surface area contributed by atoms with Gasteiger partial charge in [-0.3, -0.25) is 4.90 Å². The monoisotopic (exact) mass is 313 g/mol. The van der Waals surface area contributed by atoms with Crippen molar-refractivity contribution in [3.8, 4) is 10.4 Å². The van der Waals surface area contributed by atoms with Gasteiger partial charge >= 0.3 is 0 Å². The molecule has 2 saturated heterocycles. The van der Waals surface area contributed by atoms with Gasteiger partial charge in [-0.25, -0.2) is 4.98 Å². The fraction of sp³-hybridized carbons (Fsp3) is 0.500. The van der Waals surface area contributed by atoms with E-state index in [1.54, 1.807) is 0 Å². The van der Waals surface area contributed by atoms with E-state index >= 15 is 0 Å². The molecule has 0 spiro atoms. The Bertz CT molecular complexity index is 654. The zero-order chi connectivity index (χ0) is 15.1. The Morgan fingerprint density at radius 1 is 1.23 bits per heavy atom. The van der Waals surface area contributed by atoms with Crippen molar-refractivity contribution in [3.05, 3.63) is 41.0 Å². The predicted molar refractivity (Wildman–Crippen MR) is 92.6 cm³/mol. The maximum atomic E-state index is 4.70. The molecule has 0 saturated carbocycles. The lowest BCUT2D eigenvalue weighted by atomic mass is 9.92. The second-order valence-corrected chi connectivity index (χ2v) is 7.85. The lowest BCUT2D eigenvalue weighted by Crippen LogP contribution is -2.48. The third-order valence-electron chi connectivity index (χ3n) is 4.94. The molecule has 3 heterocycles. The number of benzene rings is 1. The van der Waals surface area contributed by atoms with Crippen molar-refractivity contribution in [2.24, 2.45) is 0 Å². The van der Waals surface area contributed by atoms with E-state index in [1.807, 2.05) is 11.3 Å². The van der Waals surface area contributed by atoms with Gasteiger partial charge in [0.2, 0.25) is 0 Å². The van der Waals surface area contributed by atoms with Gasteiger partial charge in [0.1, 0.15) is 0 Å². The molecule has 0 bridgehead atoms. The highest BCUT2D eigenvalue weighted by Crippen LogP contribution is 2.36. The van der Waals surface area contributed by atoms with Crippen LogP contribution >= 0.6 is 11.3 Å². The first-order valence-corrected chi connectivity index (χ1v) is 9.03. The average Bonchev–Trinajstić information content (AvgIpc) is 2.84. The molecule has 0 radical (unpaired) electrons. The van der Waals surface area contributed by atoms with E-state index in [0.717, 1.165) is 13.1 Å². The van der Waals surface area contributed by atoms with Crippen LogP contribution in [0.4, 0.5) is 0 Å². The third kappa shape index (κ3) is 2.60. The topological polar surface area (TPSA) is 28.2 Å². The minimum absolute atomic E-state index is 0.639. The fourth-order valence-corrected chi connectivity index (χ4v) is 4.17. The SMILES string of the molecule is CC(C)N1CC(c2ncc(-c3cccc(C4CNC4)c3)s2)C1. The van der Waals surface area contributed by atoms with Crippen LogP contribution < -0.4 is 5.32 Å². The summed E-state index contributed by atoms with van der Waals surface area (Å²) in [5.74, 6) is 1.33. The van der Waals surface area contributed by atoms with Gasteiger partial charge in [0.15, 0.2) is 0 Å². The summed E-state index contributed by atoms with van der Waals surface area (Å²) >= 11 is 1.88. The number of nitrogens with zero attached hydrogens (tertiary/aromatic N) is 2. The van der Waals surface area contributed by atoms with E-state index in [1.165, 1.54) is 34.1 Å². The highest BCUT2D eigenvalue weighted by atomic mass is 32.1. The van der Waals surface area contributed by atoms with Crippen molar-refractivity contribution in [2.75, 3.05) is 26.2 Å². The Balaban J connectivity index is 1.50. The van der Waals surface area contributed by atoms with Crippen LogP contribution in [0, 0.1) is 0 Å². The average molecular weight is 313 g/mol. The predicted octanol–water partition coefficient (Wildman–Crippen LogP) is 3.30. The first-order valence-electron chi connectivity index (χ1n) is 8.21. The van der Waals surface area contributed by atoms with Crippen LogP contribution in [0.3, 0.4) is 0 Å². The van der Waals surface area contributed by atoms with Crippen LogP contribution in [0.25, 0.3) is 10.4 Å². The molecule has 1 aromatic heterocycles. The van der Waals surface area contributed by atoms with Crippen LogP contribution in [0.1, 0.15) is 36.3 Å². The van der Waals surface area contributed by atoms with Gasteiger partial charge in [-0.2, -0.15) is 0 Å². The molecule has 4 rings (SSSR count). The summed E-state index contributed by atoms with van der Waals surface area (Å²) in [7, 11) is 0. The molecule has 1 aromatic carbocycles. The minimum Gasteiger partial charge on any atom is -0.315 e. The molecule has 2 fully saturated rings. The van der Waals surface area contributed by atoms with Gasteiger partial charge in [0.05, 0.1) is 9.88 Å². The van der Waals surface area contributed by atoms with Gasteiger partial charge < -0.3 is 5.32 Å². The van der Waals surface area contributed by atoms with Gasteiger partial charge in [-0.05, 0) is 31.0 Å². The summed E-state index contributed by atoms with van der Waals surface area (Å²) < 4.78 is 0. The lowest BCUT2D eigenvalue weighted by molar-refractivity contribution is 0.110. The summed E-state index contributed by atoms with van der Waals surface area (Å²) in [6.45, 7) is 9.10. The van der Waals surface area contributed by atoms with Crippen molar-refractivity contribution in [1.82, 2.24) is 15.2 Å². The zero-order valence-electron chi connectivity index (χ0n) is 13.2. The quantitative estimate of drug-likeness (QED) is 0.938. The van der Waals surface area contributed by atoms with Gasteiger partial charge in [0.25, 0.3) is 0 Å². The van der Waals surface area contributed by atoms with Crippen molar-refractivity contribution in [3.63, 3.8) is 0 Å². The first-order chi connectivity index (χ1) is 10.7. The molecule has 0 amide bonds. The number of aromatic nitrogens is 1. The lowest BCUT2D eigenvalue weighted by Gasteiger charge is -2.41. The molecular weight excluding hydrogens is 290 g/mol. The summed E-state index contributed by atoms with van der Waals surface area (Å²) in [5.41, 5.74) is 2.79. The van der Waals surface area contributed by atoms with Crippen LogP contribution in [0.15, 0.2) is 30.5 Å². The molecule has 1 N–H and O–H groups in total. The largest absolute Gasteiger partial charge is 0.315 e. The van der Waals surface area contributed by atoms with E-state index in [0.29, 0.717) is 17.9 Å². The Morgan fingerprint density at radius 2 is 2.05 bits per heavy atom. The van der Waals surface area contributed by atoms with Gasteiger partial charge in [0, 0.05) is 50.3 Å². The van der Waals surface area contributed by atoms with Crippen LogP contribution in [-0.4, -0.2) is 42.1 Å². The molecule has 0 atom stereocenters. The number of likely N-dealkylation sites (tertiary alicyclic amines) is 1. The molecule has 2 aliphatic heterocycles. The van der Waals surface area contributed by atoms with Crippen LogP contribution in [0.5, 0.6) is 0 Å². The van der Waals surface area contributed by atoms with Crippen LogP contribution in [0.2, 0.25) is 0 Å².